The Hall–Kier alpha value is -1.34. The average molecular weight is 254 g/mol. The van der Waals surface area contributed by atoms with Gasteiger partial charge < -0.3 is 5.11 Å². The molecule has 1 nitrogen and oxygen atoms in total. The molecule has 1 saturated carbocycles. The van der Waals surface area contributed by atoms with Crippen LogP contribution in [0.2, 0.25) is 0 Å². The quantitative estimate of drug-likeness (QED) is 0.864. The van der Waals surface area contributed by atoms with Crippen LogP contribution >= 0.6 is 0 Å². The van der Waals surface area contributed by atoms with Crippen molar-refractivity contribution in [1.29, 1.82) is 0 Å². The number of benzene rings is 2. The summed E-state index contributed by atoms with van der Waals surface area (Å²) in [6.07, 6.45) is 5.18. The maximum atomic E-state index is 11.0. The molecule has 1 fully saturated rings. The lowest BCUT2D eigenvalue weighted by atomic mass is 9.82. The smallest absolute Gasteiger partial charge is 0.0716 e. The van der Waals surface area contributed by atoms with E-state index in [1.54, 1.807) is 0 Å². The van der Waals surface area contributed by atoms with Gasteiger partial charge >= 0.3 is 0 Å². The molecule has 0 spiro atoms. The zero-order chi connectivity index (χ0) is 13.3. The molecule has 2 aromatic rings. The van der Waals surface area contributed by atoms with Crippen LogP contribution in [-0.2, 0) is 6.42 Å². The zero-order valence-corrected chi connectivity index (χ0v) is 11.6. The molecule has 2 unspecified atom stereocenters. The minimum atomic E-state index is -0.487. The number of hydrogen-bond donors (Lipinski definition) is 1. The van der Waals surface area contributed by atoms with Gasteiger partial charge in [-0.2, -0.15) is 0 Å². The van der Waals surface area contributed by atoms with Crippen molar-refractivity contribution in [2.75, 3.05) is 0 Å². The monoisotopic (exact) mass is 254 g/mol. The molecule has 0 heterocycles. The number of rotatable bonds is 3. The van der Waals surface area contributed by atoms with Gasteiger partial charge in [-0.3, -0.25) is 0 Å². The maximum Gasteiger partial charge on any atom is 0.0716 e. The van der Waals surface area contributed by atoms with E-state index in [0.717, 1.165) is 19.3 Å². The van der Waals surface area contributed by atoms with Gasteiger partial charge in [-0.05, 0) is 35.1 Å². The Morgan fingerprint density at radius 1 is 1.16 bits per heavy atom. The third kappa shape index (κ3) is 2.28. The van der Waals surface area contributed by atoms with Gasteiger partial charge in [-0.15, -0.1) is 0 Å². The second-order valence-electron chi connectivity index (χ2n) is 5.92. The standard InChI is InChI=1S/C18H22O/c1-2-16-10-6-12-18(16,19)13-15-9-5-8-14-7-3-4-11-17(14)15/h3-5,7-9,11,16,19H,2,6,10,12-13H2,1H3. The van der Waals surface area contributed by atoms with Crippen molar-refractivity contribution < 1.29 is 5.11 Å². The third-order valence-corrected chi connectivity index (χ3v) is 4.79. The first-order valence-corrected chi connectivity index (χ1v) is 7.42. The first-order chi connectivity index (χ1) is 9.23. The Morgan fingerprint density at radius 2 is 1.95 bits per heavy atom. The number of aliphatic hydroxyl groups is 1. The van der Waals surface area contributed by atoms with Crippen LogP contribution in [0.1, 0.15) is 38.2 Å². The molecular weight excluding hydrogens is 232 g/mol. The predicted octanol–water partition coefficient (Wildman–Crippen LogP) is 4.32. The highest BCUT2D eigenvalue weighted by molar-refractivity contribution is 5.85. The van der Waals surface area contributed by atoms with Gasteiger partial charge in [0.25, 0.3) is 0 Å². The number of hydrogen-bond acceptors (Lipinski definition) is 1. The molecule has 0 radical (unpaired) electrons. The van der Waals surface area contributed by atoms with Gasteiger partial charge in [0.1, 0.15) is 0 Å². The minimum absolute atomic E-state index is 0.464. The normalized spacial score (nSPS) is 26.9. The fraction of sp³-hybridized carbons (Fsp3) is 0.444. The number of fused-ring (bicyclic) bond motifs is 1. The molecule has 0 aromatic heterocycles. The third-order valence-electron chi connectivity index (χ3n) is 4.79. The molecule has 0 aliphatic heterocycles. The molecule has 100 valence electrons. The Morgan fingerprint density at radius 3 is 2.79 bits per heavy atom. The van der Waals surface area contributed by atoms with Crippen LogP contribution in [0.25, 0.3) is 10.8 Å². The van der Waals surface area contributed by atoms with Crippen molar-refractivity contribution in [1.82, 2.24) is 0 Å². The second kappa shape index (κ2) is 4.97. The van der Waals surface area contributed by atoms with E-state index in [2.05, 4.69) is 49.4 Å². The van der Waals surface area contributed by atoms with Crippen LogP contribution in [-0.4, -0.2) is 10.7 Å². The first kappa shape index (κ1) is 12.7. The summed E-state index contributed by atoms with van der Waals surface area (Å²) < 4.78 is 0. The molecule has 1 heteroatoms. The summed E-state index contributed by atoms with van der Waals surface area (Å²) in [7, 11) is 0. The van der Waals surface area contributed by atoms with Crippen LogP contribution in [0.15, 0.2) is 42.5 Å². The van der Waals surface area contributed by atoms with Crippen LogP contribution in [0.4, 0.5) is 0 Å². The van der Waals surface area contributed by atoms with Gasteiger partial charge in [0.2, 0.25) is 0 Å². The maximum absolute atomic E-state index is 11.0. The molecule has 0 amide bonds. The van der Waals surface area contributed by atoms with Crippen molar-refractivity contribution in [3.8, 4) is 0 Å². The lowest BCUT2D eigenvalue weighted by molar-refractivity contribution is 0.00175. The molecule has 2 atom stereocenters. The van der Waals surface area contributed by atoms with Gasteiger partial charge in [-0.1, -0.05) is 62.2 Å². The molecule has 0 bridgehead atoms. The van der Waals surface area contributed by atoms with Crippen molar-refractivity contribution >= 4 is 10.8 Å². The molecule has 19 heavy (non-hydrogen) atoms. The summed E-state index contributed by atoms with van der Waals surface area (Å²) in [4.78, 5) is 0. The summed E-state index contributed by atoms with van der Waals surface area (Å²) in [5.41, 5.74) is 0.805. The molecular formula is C18H22O. The highest BCUT2D eigenvalue weighted by Gasteiger charge is 2.39. The van der Waals surface area contributed by atoms with Crippen molar-refractivity contribution in [3.63, 3.8) is 0 Å². The van der Waals surface area contributed by atoms with Gasteiger partial charge in [0.15, 0.2) is 0 Å². The predicted molar refractivity (Wildman–Crippen MR) is 80.2 cm³/mol. The summed E-state index contributed by atoms with van der Waals surface area (Å²) in [6.45, 7) is 2.20. The Labute approximate surface area is 115 Å². The van der Waals surface area contributed by atoms with E-state index in [1.165, 1.54) is 29.2 Å². The lowest BCUT2D eigenvalue weighted by Gasteiger charge is -2.30. The summed E-state index contributed by atoms with van der Waals surface area (Å²) >= 11 is 0. The lowest BCUT2D eigenvalue weighted by Crippen LogP contribution is -2.35. The Kier molecular flexibility index (Phi) is 3.32. The highest BCUT2D eigenvalue weighted by atomic mass is 16.3. The van der Waals surface area contributed by atoms with Crippen LogP contribution in [0, 0.1) is 5.92 Å². The van der Waals surface area contributed by atoms with E-state index in [1.807, 2.05) is 0 Å². The van der Waals surface area contributed by atoms with Crippen molar-refractivity contribution in [2.45, 2.75) is 44.6 Å². The van der Waals surface area contributed by atoms with E-state index >= 15 is 0 Å². The van der Waals surface area contributed by atoms with Gasteiger partial charge in [0, 0.05) is 6.42 Å². The molecule has 1 aliphatic carbocycles. The molecule has 1 N–H and O–H groups in total. The van der Waals surface area contributed by atoms with E-state index in [9.17, 15) is 5.11 Å². The average Bonchev–Trinajstić information content (AvgIpc) is 2.80. The second-order valence-corrected chi connectivity index (χ2v) is 5.92. The van der Waals surface area contributed by atoms with Crippen LogP contribution in [0.5, 0.6) is 0 Å². The van der Waals surface area contributed by atoms with E-state index in [-0.39, 0.29) is 0 Å². The Balaban J connectivity index is 1.97. The van der Waals surface area contributed by atoms with Crippen LogP contribution in [0.3, 0.4) is 0 Å². The Bertz CT molecular complexity index is 569. The SMILES string of the molecule is CCC1CCCC1(O)Cc1cccc2ccccc12. The molecule has 0 saturated heterocycles. The summed E-state index contributed by atoms with van der Waals surface area (Å²) in [5, 5.41) is 13.5. The van der Waals surface area contributed by atoms with E-state index in [4.69, 9.17) is 0 Å². The molecule has 2 aromatic carbocycles. The van der Waals surface area contributed by atoms with E-state index in [0.29, 0.717) is 5.92 Å². The van der Waals surface area contributed by atoms with Gasteiger partial charge in [-0.25, -0.2) is 0 Å². The largest absolute Gasteiger partial charge is 0.389 e. The molecule has 1 aliphatic rings. The summed E-state index contributed by atoms with van der Waals surface area (Å²) in [6, 6.07) is 14.9. The topological polar surface area (TPSA) is 20.2 Å². The highest BCUT2D eigenvalue weighted by Crippen LogP contribution is 2.40. The molecule has 3 rings (SSSR count). The van der Waals surface area contributed by atoms with Crippen molar-refractivity contribution in [3.05, 3.63) is 48.0 Å². The fourth-order valence-corrected chi connectivity index (χ4v) is 3.72. The van der Waals surface area contributed by atoms with Gasteiger partial charge in [0.05, 0.1) is 5.60 Å². The minimum Gasteiger partial charge on any atom is -0.389 e. The summed E-state index contributed by atoms with van der Waals surface area (Å²) in [5.74, 6) is 0.464. The zero-order valence-electron chi connectivity index (χ0n) is 11.6. The van der Waals surface area contributed by atoms with Crippen LogP contribution < -0.4 is 0 Å². The van der Waals surface area contributed by atoms with Crippen molar-refractivity contribution in [2.24, 2.45) is 5.92 Å². The fourth-order valence-electron chi connectivity index (χ4n) is 3.72. The first-order valence-electron chi connectivity index (χ1n) is 7.42. The van der Waals surface area contributed by atoms with E-state index < -0.39 is 5.60 Å².